The fourth-order valence-electron chi connectivity index (χ4n) is 8.31. The van der Waals surface area contributed by atoms with Crippen LogP contribution >= 0.6 is 0 Å². The first-order valence-corrected chi connectivity index (χ1v) is 29.6. The first kappa shape index (κ1) is 53.3. The Hall–Kier alpha value is -6.96. The number of nitrogens with one attached hydrogen (secondary N) is 2. The van der Waals surface area contributed by atoms with Gasteiger partial charge in [-0.2, -0.15) is 9.10 Å². The monoisotopic (exact) mass is 1070 g/mol. The maximum atomic E-state index is 16.3. The average molecular weight is 1070 g/mol. The topological polar surface area (TPSA) is 247 Å². The minimum absolute atomic E-state index is 0.111. The van der Waals surface area contributed by atoms with Crippen LogP contribution in [0.1, 0.15) is 48.8 Å². The largest absolute Gasteiger partial charge is 0.497 e. The van der Waals surface area contributed by atoms with Crippen LogP contribution in [0.25, 0.3) is 17.2 Å². The Bertz CT molecular complexity index is 3280. The lowest BCUT2D eigenvalue weighted by atomic mass is 10.1. The Labute approximate surface area is 431 Å². The smallest absolute Gasteiger partial charge is 0.404 e. The molecule has 0 spiro atoms. The molecule has 74 heavy (non-hydrogen) atoms. The second-order valence-corrected chi connectivity index (χ2v) is 27.6. The van der Waals surface area contributed by atoms with Gasteiger partial charge >= 0.3 is 6.09 Å². The summed E-state index contributed by atoms with van der Waals surface area (Å²) in [4.78, 5) is 23.1. The van der Waals surface area contributed by atoms with Crippen molar-refractivity contribution in [2.45, 2.75) is 87.4 Å². The van der Waals surface area contributed by atoms with Gasteiger partial charge in [-0.15, -0.1) is 10.2 Å². The van der Waals surface area contributed by atoms with Crippen molar-refractivity contribution in [1.82, 2.24) is 48.9 Å². The highest BCUT2D eigenvalue weighted by atomic mass is 32.2. The quantitative estimate of drug-likeness (QED) is 0.0664. The lowest BCUT2D eigenvalue weighted by molar-refractivity contribution is 0.163. The number of benzene rings is 4. The number of sulfonamides is 2. The zero-order chi connectivity index (χ0) is 53.0. The van der Waals surface area contributed by atoms with E-state index in [0.29, 0.717) is 52.8 Å². The van der Waals surface area contributed by atoms with Crippen LogP contribution in [0.2, 0.25) is 18.1 Å². The lowest BCUT2D eigenvalue weighted by Gasteiger charge is -2.39. The molecular weight excluding hydrogens is 1010 g/mol. The van der Waals surface area contributed by atoms with E-state index in [1.54, 1.807) is 86.1 Å². The van der Waals surface area contributed by atoms with Gasteiger partial charge in [-0.1, -0.05) is 57.2 Å². The fourth-order valence-corrected chi connectivity index (χ4v) is 13.1. The average Bonchev–Trinajstić information content (AvgIpc) is 4.01. The molecule has 0 fully saturated rings. The molecule has 392 valence electrons. The molecule has 0 radical (unpaired) electrons. The summed E-state index contributed by atoms with van der Waals surface area (Å²) in [5.74, 6) is 2.09. The van der Waals surface area contributed by atoms with Crippen LogP contribution < -0.4 is 29.1 Å². The van der Waals surface area contributed by atoms with Gasteiger partial charge in [0.25, 0.3) is 0 Å². The van der Waals surface area contributed by atoms with Crippen molar-refractivity contribution in [2.75, 3.05) is 45.9 Å². The Morgan fingerprint density at radius 2 is 1.43 bits per heavy atom. The molecule has 0 saturated carbocycles. The van der Waals surface area contributed by atoms with E-state index in [1.807, 2.05) is 61.5 Å². The van der Waals surface area contributed by atoms with Crippen molar-refractivity contribution in [1.29, 1.82) is 0 Å². The van der Waals surface area contributed by atoms with Crippen LogP contribution in [-0.4, -0.2) is 122 Å². The van der Waals surface area contributed by atoms with Crippen LogP contribution in [0.5, 0.6) is 17.2 Å². The number of fused-ring (bicyclic) bond motifs is 3. The zero-order valence-corrected chi connectivity index (χ0v) is 45.1. The number of rotatable bonds is 21. The number of aromatic nitrogens is 7. The van der Waals surface area contributed by atoms with Crippen molar-refractivity contribution >= 4 is 45.9 Å². The molecule has 0 saturated heterocycles. The number of ether oxygens (including phenoxy) is 3. The highest BCUT2D eigenvalue weighted by Gasteiger charge is 2.42. The van der Waals surface area contributed by atoms with E-state index in [2.05, 4.69) is 25.3 Å². The molecule has 1 aliphatic rings. The van der Waals surface area contributed by atoms with Crippen LogP contribution in [0.4, 0.5) is 10.5 Å². The van der Waals surface area contributed by atoms with Gasteiger partial charge in [0.2, 0.25) is 31.6 Å². The number of hydrogen-bond acceptors (Lipinski definition) is 15. The van der Waals surface area contributed by atoms with Crippen molar-refractivity contribution in [2.24, 2.45) is 0 Å². The molecule has 8 rings (SSSR count). The summed E-state index contributed by atoms with van der Waals surface area (Å²) in [6.45, 7) is 9.55. The maximum Gasteiger partial charge on any atom is 0.404 e. The lowest BCUT2D eigenvalue weighted by Crippen LogP contribution is -2.50. The molecular formula is C50H61N11O10S2Si. The van der Waals surface area contributed by atoms with Gasteiger partial charge in [-0.25, -0.2) is 36.3 Å². The zero-order valence-electron chi connectivity index (χ0n) is 42.5. The summed E-state index contributed by atoms with van der Waals surface area (Å²) >= 11 is 0. The second kappa shape index (κ2) is 21.9. The number of tetrazole rings is 1. The number of carboxylic acid groups (broad SMARTS) is 1. The fraction of sp³-hybridized carbons (Fsp3) is 0.360. The summed E-state index contributed by atoms with van der Waals surface area (Å²) in [6, 6.07) is 25.7. The number of imidazole rings is 1. The van der Waals surface area contributed by atoms with Crippen molar-refractivity contribution in [3.8, 4) is 28.6 Å². The minimum Gasteiger partial charge on any atom is -0.497 e. The van der Waals surface area contributed by atoms with E-state index < -0.39 is 56.9 Å². The molecule has 3 aromatic heterocycles. The van der Waals surface area contributed by atoms with Gasteiger partial charge in [-0.05, 0) is 94.6 Å². The molecule has 1 aliphatic heterocycles. The van der Waals surface area contributed by atoms with Crippen molar-refractivity contribution < 1.29 is 45.4 Å². The molecule has 1 unspecified atom stereocenters. The summed E-state index contributed by atoms with van der Waals surface area (Å²) < 4.78 is 91.8. The van der Waals surface area contributed by atoms with Gasteiger partial charge in [0.1, 0.15) is 27.0 Å². The molecule has 0 aliphatic carbocycles. The number of amides is 1. The summed E-state index contributed by atoms with van der Waals surface area (Å²) in [5.41, 5.74) is 3.77. The van der Waals surface area contributed by atoms with E-state index in [0.717, 1.165) is 17.0 Å². The highest BCUT2D eigenvalue weighted by molar-refractivity contribution is 7.92. The third-order valence-electron chi connectivity index (χ3n) is 13.3. The normalized spacial score (nSPS) is 13.7. The van der Waals surface area contributed by atoms with Gasteiger partial charge in [0, 0.05) is 57.2 Å². The van der Waals surface area contributed by atoms with Gasteiger partial charge < -0.3 is 34.0 Å². The molecule has 7 aromatic rings. The summed E-state index contributed by atoms with van der Waals surface area (Å²) in [6.07, 6.45) is 1.65. The number of anilines is 1. The maximum absolute atomic E-state index is 16.3. The first-order chi connectivity index (χ1) is 35.2. The van der Waals surface area contributed by atoms with Crippen LogP contribution in [-0.2, 0) is 57.1 Å². The number of carbonyl (C=O) groups is 1. The van der Waals surface area contributed by atoms with Crippen LogP contribution in [0, 0.1) is 0 Å². The molecule has 4 heterocycles. The van der Waals surface area contributed by atoms with Crippen LogP contribution in [0.3, 0.4) is 0 Å². The van der Waals surface area contributed by atoms with E-state index in [1.165, 1.54) is 29.4 Å². The molecule has 3 N–H and O–H groups in total. The van der Waals surface area contributed by atoms with Crippen molar-refractivity contribution in [3.63, 3.8) is 0 Å². The highest BCUT2D eigenvalue weighted by Crippen LogP contribution is 2.43. The predicted molar refractivity (Wildman–Crippen MR) is 279 cm³/mol. The van der Waals surface area contributed by atoms with Crippen molar-refractivity contribution in [3.05, 3.63) is 131 Å². The number of nitrogens with zero attached hydrogens (tertiary/aromatic N) is 9. The third kappa shape index (κ3) is 11.8. The minimum atomic E-state index is -4.98. The molecule has 21 nitrogen and oxygen atoms in total. The summed E-state index contributed by atoms with van der Waals surface area (Å²) in [7, 11) is -7.85. The van der Waals surface area contributed by atoms with Gasteiger partial charge in [-0.3, -0.25) is 4.40 Å². The molecule has 4 aromatic carbocycles. The Morgan fingerprint density at radius 1 is 0.838 bits per heavy atom. The predicted octanol–water partition coefficient (Wildman–Crippen LogP) is 6.35. The number of hydrogen-bond donors (Lipinski definition) is 3. The van der Waals surface area contributed by atoms with E-state index in [4.69, 9.17) is 28.7 Å². The first-order valence-electron chi connectivity index (χ1n) is 23.7. The standard InChI is InChI=1S/C50H61N11O10S2Si/c1-50(2,3)74(7,8)71-40(28-52-49(62)63)29-53-72(64,65)44-23-22-42(58-27-24-41-43(33-58)60-26-9-25-51-48(60)54-41)45(47-55-57-61(56-47)32-36-14-20-39(70-6)21-15-36)46(44)73(66,67)59(30-34-10-16-37(68-4)17-11-34)31-35-12-18-38(69-5)19-13-35/h9-23,25-26,40,52-53H,24,27-33H2,1-8H3,(H,62,63). The van der Waals surface area contributed by atoms with E-state index in [-0.39, 0.29) is 49.1 Å². The molecule has 24 heteroatoms. The van der Waals surface area contributed by atoms with Gasteiger partial charge in [0.05, 0.1) is 57.5 Å². The molecule has 0 bridgehead atoms. The molecule has 1 amide bonds. The van der Waals surface area contributed by atoms with Crippen LogP contribution in [0.15, 0.2) is 113 Å². The Kier molecular flexibility index (Phi) is 15.8. The summed E-state index contributed by atoms with van der Waals surface area (Å²) in [5, 5.41) is 25.3. The third-order valence-corrected chi connectivity index (χ3v) is 21.3. The van der Waals surface area contributed by atoms with E-state index in [9.17, 15) is 9.90 Å². The Morgan fingerprint density at radius 3 is 2.00 bits per heavy atom. The molecule has 1 atom stereocenters. The SMILES string of the molecule is COc1ccc(CN(Cc2ccc(OC)cc2)S(=O)(=O)c2c(S(=O)(=O)NCC(CNC(=O)O)O[Si](C)(C)C(C)(C)C)ccc(N3CCc4nc5ncccn5c4C3)c2-c2nnn(Cc3ccc(OC)cc3)n2)cc1. The second-order valence-electron chi connectivity index (χ2n) is 19.3. The Balaban J connectivity index is 1.34. The van der Waals surface area contributed by atoms with E-state index >= 15 is 16.8 Å². The van der Waals surface area contributed by atoms with Gasteiger partial charge in [0.15, 0.2) is 8.32 Å². The number of methoxy groups -OCH3 is 3.